The molecule has 1 aliphatic heterocycles. The van der Waals surface area contributed by atoms with Crippen molar-refractivity contribution in [1.29, 1.82) is 0 Å². The Kier molecular flexibility index (Phi) is 6.83. The Morgan fingerprint density at radius 3 is 2.44 bits per heavy atom. The summed E-state index contributed by atoms with van der Waals surface area (Å²) in [5.41, 5.74) is -0.127. The van der Waals surface area contributed by atoms with Crippen molar-refractivity contribution in [3.05, 3.63) is 83.8 Å². The van der Waals surface area contributed by atoms with E-state index in [-0.39, 0.29) is 48.0 Å². The summed E-state index contributed by atoms with van der Waals surface area (Å²) in [5, 5.41) is 0. The molecule has 2 unspecified atom stereocenters. The highest BCUT2D eigenvalue weighted by atomic mass is 32.2. The van der Waals surface area contributed by atoms with E-state index in [1.807, 2.05) is 0 Å². The molecule has 4 rings (SSSR count). The summed E-state index contributed by atoms with van der Waals surface area (Å²) in [5.74, 6) is -2.01. The Morgan fingerprint density at radius 2 is 1.79 bits per heavy atom. The summed E-state index contributed by atoms with van der Waals surface area (Å²) in [6, 6.07) is 11.7. The van der Waals surface area contributed by atoms with E-state index in [9.17, 15) is 22.0 Å². The third-order valence-electron chi connectivity index (χ3n) is 5.44. The number of furan rings is 1. The van der Waals surface area contributed by atoms with Crippen LogP contribution in [0.1, 0.15) is 30.0 Å². The van der Waals surface area contributed by atoms with Gasteiger partial charge in [-0.3, -0.25) is 9.69 Å². The molecule has 0 aliphatic carbocycles. The summed E-state index contributed by atoms with van der Waals surface area (Å²) in [6.07, 6.45) is 0.874. The highest BCUT2D eigenvalue weighted by Crippen LogP contribution is 2.27. The molecule has 34 heavy (non-hydrogen) atoms. The lowest BCUT2D eigenvalue weighted by atomic mass is 10.1. The van der Waals surface area contributed by atoms with Crippen molar-refractivity contribution < 1.29 is 31.1 Å². The highest BCUT2D eigenvalue weighted by molar-refractivity contribution is 7.89. The number of anilines is 1. The summed E-state index contributed by atoms with van der Waals surface area (Å²) >= 11 is 0. The summed E-state index contributed by atoms with van der Waals surface area (Å²) < 4.78 is 66.9. The molecule has 10 heteroatoms. The molecule has 0 spiro atoms. The fourth-order valence-corrected chi connectivity index (χ4v) is 5.58. The average molecular weight is 491 g/mol. The van der Waals surface area contributed by atoms with E-state index < -0.39 is 27.6 Å². The Balaban J connectivity index is 1.69. The Morgan fingerprint density at radius 1 is 1.06 bits per heavy atom. The van der Waals surface area contributed by atoms with E-state index in [0.717, 1.165) is 17.0 Å². The molecular formula is C24H24F2N2O5S. The maximum absolute atomic E-state index is 14.6. The third-order valence-corrected chi connectivity index (χ3v) is 7.27. The normalized spacial score (nSPS) is 19.2. The van der Waals surface area contributed by atoms with Crippen molar-refractivity contribution in [2.75, 3.05) is 18.0 Å². The molecular weight excluding hydrogens is 466 g/mol. The molecule has 1 amide bonds. The average Bonchev–Trinajstić information content (AvgIpc) is 3.30. The number of amides is 1. The van der Waals surface area contributed by atoms with E-state index in [1.54, 1.807) is 26.0 Å². The van der Waals surface area contributed by atoms with Gasteiger partial charge in [0.1, 0.15) is 17.4 Å². The van der Waals surface area contributed by atoms with Gasteiger partial charge in [0, 0.05) is 24.7 Å². The molecule has 7 nitrogen and oxygen atoms in total. The molecule has 0 saturated carbocycles. The zero-order valence-electron chi connectivity index (χ0n) is 18.6. The summed E-state index contributed by atoms with van der Waals surface area (Å²) in [6.45, 7) is 3.83. The first-order valence-corrected chi connectivity index (χ1v) is 12.1. The summed E-state index contributed by atoms with van der Waals surface area (Å²) in [7, 11) is -3.90. The smallest absolute Gasteiger partial charge is 0.258 e. The van der Waals surface area contributed by atoms with Gasteiger partial charge in [-0.05, 0) is 56.3 Å². The van der Waals surface area contributed by atoms with Gasteiger partial charge in [0.25, 0.3) is 5.91 Å². The predicted octanol–water partition coefficient (Wildman–Crippen LogP) is 4.20. The molecule has 2 atom stereocenters. The van der Waals surface area contributed by atoms with Crippen molar-refractivity contribution in [3.8, 4) is 0 Å². The van der Waals surface area contributed by atoms with Crippen LogP contribution in [-0.2, 0) is 21.3 Å². The minimum Gasteiger partial charge on any atom is -0.467 e. The van der Waals surface area contributed by atoms with Gasteiger partial charge in [-0.15, -0.1) is 0 Å². The number of halogens is 2. The van der Waals surface area contributed by atoms with Gasteiger partial charge in [0.15, 0.2) is 0 Å². The number of benzene rings is 2. The predicted molar refractivity (Wildman–Crippen MR) is 121 cm³/mol. The molecule has 1 aromatic heterocycles. The number of sulfonamides is 1. The molecule has 1 aliphatic rings. The number of hydrogen-bond acceptors (Lipinski definition) is 5. The largest absolute Gasteiger partial charge is 0.467 e. The van der Waals surface area contributed by atoms with E-state index in [0.29, 0.717) is 11.8 Å². The minimum atomic E-state index is -3.90. The zero-order valence-corrected chi connectivity index (χ0v) is 19.5. The molecule has 2 aromatic carbocycles. The van der Waals surface area contributed by atoms with Gasteiger partial charge >= 0.3 is 0 Å². The maximum atomic E-state index is 14.6. The van der Waals surface area contributed by atoms with E-state index in [4.69, 9.17) is 9.15 Å². The highest BCUT2D eigenvalue weighted by Gasteiger charge is 2.33. The van der Waals surface area contributed by atoms with E-state index in [2.05, 4.69) is 0 Å². The van der Waals surface area contributed by atoms with Crippen LogP contribution in [0.5, 0.6) is 0 Å². The van der Waals surface area contributed by atoms with Crippen LogP contribution < -0.4 is 4.90 Å². The Labute approximate surface area is 196 Å². The number of carbonyl (C=O) groups excluding carboxylic acids is 1. The van der Waals surface area contributed by atoms with Gasteiger partial charge in [-0.1, -0.05) is 6.07 Å². The lowest BCUT2D eigenvalue weighted by Crippen LogP contribution is -2.48. The van der Waals surface area contributed by atoms with Gasteiger partial charge in [0.05, 0.1) is 35.6 Å². The van der Waals surface area contributed by atoms with Gasteiger partial charge < -0.3 is 9.15 Å². The van der Waals surface area contributed by atoms with Crippen LogP contribution in [0.25, 0.3) is 0 Å². The number of carbonyl (C=O) groups is 1. The quantitative estimate of drug-likeness (QED) is 0.517. The van der Waals surface area contributed by atoms with Crippen LogP contribution in [-0.4, -0.2) is 43.9 Å². The second-order valence-corrected chi connectivity index (χ2v) is 10.1. The van der Waals surface area contributed by atoms with Gasteiger partial charge in [-0.25, -0.2) is 17.2 Å². The topological polar surface area (TPSA) is 80.1 Å². The molecule has 180 valence electrons. The minimum absolute atomic E-state index is 0.0331. The Hall–Kier alpha value is -3.08. The van der Waals surface area contributed by atoms with Crippen molar-refractivity contribution in [3.63, 3.8) is 0 Å². The molecule has 2 heterocycles. The number of hydrogen-bond donors (Lipinski definition) is 0. The maximum Gasteiger partial charge on any atom is 0.258 e. The molecule has 3 aromatic rings. The molecule has 0 bridgehead atoms. The van der Waals surface area contributed by atoms with Crippen LogP contribution in [0, 0.1) is 11.6 Å². The zero-order chi connectivity index (χ0) is 24.5. The number of ether oxygens (including phenoxy) is 1. The lowest BCUT2D eigenvalue weighted by molar-refractivity contribution is -0.0440. The molecule has 0 N–H and O–H groups in total. The van der Waals surface area contributed by atoms with Gasteiger partial charge in [0.2, 0.25) is 10.0 Å². The fraction of sp³-hybridized carbons (Fsp3) is 0.292. The molecule has 0 radical (unpaired) electrons. The fourth-order valence-electron chi connectivity index (χ4n) is 3.95. The molecule has 1 fully saturated rings. The van der Waals surface area contributed by atoms with Crippen LogP contribution in [0.4, 0.5) is 14.5 Å². The van der Waals surface area contributed by atoms with Crippen molar-refractivity contribution in [2.24, 2.45) is 0 Å². The first-order valence-electron chi connectivity index (χ1n) is 10.7. The van der Waals surface area contributed by atoms with E-state index in [1.165, 1.54) is 34.8 Å². The number of rotatable bonds is 6. The first kappa shape index (κ1) is 24.1. The molecule has 1 saturated heterocycles. The third kappa shape index (κ3) is 5.03. The van der Waals surface area contributed by atoms with Crippen LogP contribution in [0.3, 0.4) is 0 Å². The first-order chi connectivity index (χ1) is 16.1. The van der Waals surface area contributed by atoms with E-state index >= 15 is 0 Å². The van der Waals surface area contributed by atoms with Crippen LogP contribution in [0.2, 0.25) is 0 Å². The summed E-state index contributed by atoms with van der Waals surface area (Å²) in [4.78, 5) is 14.5. The SMILES string of the molecule is CC1CN(S(=O)(=O)c2cccc(C(=O)N(Cc3ccco3)c3ccc(F)cc3F)c2)CC(C)O1. The van der Waals surface area contributed by atoms with Gasteiger partial charge in [-0.2, -0.15) is 4.31 Å². The Bertz CT molecular complexity index is 1270. The number of nitrogens with zero attached hydrogens (tertiary/aromatic N) is 2. The standard InChI is InChI=1S/C24H24F2N2O5S/c1-16-13-27(14-17(2)33-16)34(30,31)21-7-3-5-18(11-21)24(29)28(15-20-6-4-10-32-20)23-9-8-19(25)12-22(23)26/h3-12,16-17H,13-15H2,1-2H3. The lowest BCUT2D eigenvalue weighted by Gasteiger charge is -2.34. The second-order valence-electron chi connectivity index (χ2n) is 8.17. The van der Waals surface area contributed by atoms with Crippen molar-refractivity contribution in [2.45, 2.75) is 37.5 Å². The second kappa shape index (κ2) is 9.65. The van der Waals surface area contributed by atoms with Crippen LogP contribution in [0.15, 0.2) is 70.2 Å². The van der Waals surface area contributed by atoms with Crippen LogP contribution >= 0.6 is 0 Å². The number of morpholine rings is 1. The van der Waals surface area contributed by atoms with Crippen molar-refractivity contribution >= 4 is 21.6 Å². The van der Waals surface area contributed by atoms with Crippen molar-refractivity contribution in [1.82, 2.24) is 4.31 Å². The monoisotopic (exact) mass is 490 g/mol.